The Labute approximate surface area is 147 Å². The fourth-order valence-corrected chi connectivity index (χ4v) is 3.29. The molecule has 2 aromatic rings. The van der Waals surface area contributed by atoms with Crippen LogP contribution in [0.3, 0.4) is 0 Å². The van der Waals surface area contributed by atoms with Gasteiger partial charge in [-0.15, -0.1) is 0 Å². The summed E-state index contributed by atoms with van der Waals surface area (Å²) in [4.78, 5) is 8.83. The van der Waals surface area contributed by atoms with Crippen LogP contribution in [0.15, 0.2) is 48.8 Å². The van der Waals surface area contributed by atoms with Crippen molar-refractivity contribution in [2.45, 2.75) is 65.2 Å². The standard InChI is InChI=1S/C22H32N2/c1-19(12-9-15-21-13-5-7-16-23-21)10-3-4-11-20(2)18-22-14-6-8-17-24-22/h5-8,13-14,16-17,19-20H,3-4,9-12,15,18H2,1-2H3. The Bertz CT molecular complexity index is 538. The number of rotatable bonds is 11. The van der Waals surface area contributed by atoms with E-state index < -0.39 is 0 Å². The second-order valence-corrected chi connectivity index (χ2v) is 7.23. The summed E-state index contributed by atoms with van der Waals surface area (Å²) in [5, 5.41) is 0. The quantitative estimate of drug-likeness (QED) is 0.483. The molecule has 2 nitrogen and oxygen atoms in total. The number of aromatic nitrogens is 2. The van der Waals surface area contributed by atoms with Gasteiger partial charge in [-0.3, -0.25) is 9.97 Å². The number of pyridine rings is 2. The Balaban J connectivity index is 1.50. The molecule has 24 heavy (non-hydrogen) atoms. The summed E-state index contributed by atoms with van der Waals surface area (Å²) in [5.74, 6) is 1.57. The van der Waals surface area contributed by atoms with Crippen molar-refractivity contribution in [3.63, 3.8) is 0 Å². The zero-order valence-corrected chi connectivity index (χ0v) is 15.3. The highest BCUT2D eigenvalue weighted by Gasteiger charge is 2.06. The van der Waals surface area contributed by atoms with Crippen LogP contribution in [0.25, 0.3) is 0 Å². The summed E-state index contributed by atoms with van der Waals surface area (Å²) < 4.78 is 0. The molecule has 0 fully saturated rings. The average Bonchev–Trinajstić information content (AvgIpc) is 2.60. The van der Waals surface area contributed by atoms with Crippen LogP contribution in [0.4, 0.5) is 0 Å². The Morgan fingerprint density at radius 2 is 1.29 bits per heavy atom. The van der Waals surface area contributed by atoms with Crippen LogP contribution in [0.2, 0.25) is 0 Å². The molecule has 130 valence electrons. The second-order valence-electron chi connectivity index (χ2n) is 7.23. The minimum absolute atomic E-state index is 0.736. The number of hydrogen-bond donors (Lipinski definition) is 0. The summed E-state index contributed by atoms with van der Waals surface area (Å²) >= 11 is 0. The molecule has 0 aliphatic rings. The zero-order chi connectivity index (χ0) is 17.0. The summed E-state index contributed by atoms with van der Waals surface area (Å²) in [6.45, 7) is 4.75. The van der Waals surface area contributed by atoms with Crippen molar-refractivity contribution in [2.75, 3.05) is 0 Å². The molecular formula is C22H32N2. The van der Waals surface area contributed by atoms with E-state index in [4.69, 9.17) is 0 Å². The maximum Gasteiger partial charge on any atom is 0.0406 e. The van der Waals surface area contributed by atoms with Gasteiger partial charge in [0.25, 0.3) is 0 Å². The van der Waals surface area contributed by atoms with Gasteiger partial charge in [-0.25, -0.2) is 0 Å². The van der Waals surface area contributed by atoms with Gasteiger partial charge in [-0.05, 0) is 55.4 Å². The lowest BCUT2D eigenvalue weighted by Gasteiger charge is -2.13. The third-order valence-electron chi connectivity index (χ3n) is 4.78. The molecule has 2 unspecified atom stereocenters. The molecule has 0 aromatic carbocycles. The topological polar surface area (TPSA) is 25.8 Å². The van der Waals surface area contributed by atoms with Gasteiger partial charge in [0.05, 0.1) is 0 Å². The van der Waals surface area contributed by atoms with E-state index in [1.807, 2.05) is 24.5 Å². The molecule has 2 atom stereocenters. The number of hydrogen-bond acceptors (Lipinski definition) is 2. The van der Waals surface area contributed by atoms with E-state index in [2.05, 4.69) is 48.1 Å². The lowest BCUT2D eigenvalue weighted by molar-refractivity contribution is 0.422. The van der Waals surface area contributed by atoms with Gasteiger partial charge >= 0.3 is 0 Å². The third-order valence-corrected chi connectivity index (χ3v) is 4.78. The Hall–Kier alpha value is -1.70. The first-order valence-electron chi connectivity index (χ1n) is 9.54. The summed E-state index contributed by atoms with van der Waals surface area (Å²) in [6.07, 6.45) is 14.0. The fourth-order valence-electron chi connectivity index (χ4n) is 3.29. The molecule has 2 aromatic heterocycles. The molecule has 0 bridgehead atoms. The zero-order valence-electron chi connectivity index (χ0n) is 15.3. The monoisotopic (exact) mass is 324 g/mol. The van der Waals surface area contributed by atoms with E-state index in [0.717, 1.165) is 24.7 Å². The normalized spacial score (nSPS) is 13.6. The van der Waals surface area contributed by atoms with Gasteiger partial charge < -0.3 is 0 Å². The Morgan fingerprint density at radius 1 is 0.708 bits per heavy atom. The Morgan fingerprint density at radius 3 is 1.92 bits per heavy atom. The predicted octanol–water partition coefficient (Wildman–Crippen LogP) is 5.87. The summed E-state index contributed by atoms with van der Waals surface area (Å²) in [5.41, 5.74) is 2.46. The summed E-state index contributed by atoms with van der Waals surface area (Å²) in [7, 11) is 0. The number of aryl methyl sites for hydroxylation is 1. The van der Waals surface area contributed by atoms with Crippen LogP contribution < -0.4 is 0 Å². The molecule has 0 amide bonds. The van der Waals surface area contributed by atoms with Gasteiger partial charge in [0.1, 0.15) is 0 Å². The largest absolute Gasteiger partial charge is 0.261 e. The van der Waals surface area contributed by atoms with Gasteiger partial charge in [-0.2, -0.15) is 0 Å². The maximum absolute atomic E-state index is 4.43. The minimum atomic E-state index is 0.736. The third kappa shape index (κ3) is 7.72. The minimum Gasteiger partial charge on any atom is -0.261 e. The van der Waals surface area contributed by atoms with E-state index in [9.17, 15) is 0 Å². The molecule has 0 spiro atoms. The van der Waals surface area contributed by atoms with Crippen molar-refractivity contribution in [2.24, 2.45) is 11.8 Å². The van der Waals surface area contributed by atoms with Crippen molar-refractivity contribution in [3.05, 3.63) is 60.2 Å². The van der Waals surface area contributed by atoms with Crippen LogP contribution in [0.5, 0.6) is 0 Å². The van der Waals surface area contributed by atoms with Crippen LogP contribution in [-0.4, -0.2) is 9.97 Å². The lowest BCUT2D eigenvalue weighted by Crippen LogP contribution is -2.02. The molecule has 2 rings (SSSR count). The highest BCUT2D eigenvalue weighted by Crippen LogP contribution is 2.19. The van der Waals surface area contributed by atoms with Crippen molar-refractivity contribution in [1.29, 1.82) is 0 Å². The van der Waals surface area contributed by atoms with Crippen molar-refractivity contribution < 1.29 is 0 Å². The molecule has 0 N–H and O–H groups in total. The first-order chi connectivity index (χ1) is 11.7. The van der Waals surface area contributed by atoms with Crippen molar-refractivity contribution in [1.82, 2.24) is 9.97 Å². The first-order valence-corrected chi connectivity index (χ1v) is 9.54. The molecule has 0 aliphatic carbocycles. The van der Waals surface area contributed by atoms with Crippen molar-refractivity contribution >= 4 is 0 Å². The maximum atomic E-state index is 4.43. The van der Waals surface area contributed by atoms with Gasteiger partial charge in [-0.1, -0.05) is 58.1 Å². The number of unbranched alkanes of at least 4 members (excludes halogenated alkanes) is 1. The summed E-state index contributed by atoms with van der Waals surface area (Å²) in [6, 6.07) is 12.4. The van der Waals surface area contributed by atoms with Gasteiger partial charge in [0, 0.05) is 23.8 Å². The molecule has 2 heteroatoms. The Kier molecular flexibility index (Phi) is 8.51. The van der Waals surface area contributed by atoms with E-state index in [1.165, 1.54) is 49.9 Å². The second kappa shape index (κ2) is 11.0. The lowest BCUT2D eigenvalue weighted by atomic mass is 9.93. The SMILES string of the molecule is CC(CCCCC(C)Cc1ccccn1)CCCc1ccccn1. The van der Waals surface area contributed by atoms with Crippen LogP contribution in [0.1, 0.15) is 63.8 Å². The molecule has 0 aliphatic heterocycles. The molecule has 0 radical (unpaired) electrons. The van der Waals surface area contributed by atoms with Crippen LogP contribution in [0, 0.1) is 11.8 Å². The predicted molar refractivity (Wildman–Crippen MR) is 102 cm³/mol. The highest BCUT2D eigenvalue weighted by atomic mass is 14.7. The van der Waals surface area contributed by atoms with E-state index in [0.29, 0.717) is 0 Å². The van der Waals surface area contributed by atoms with Gasteiger partial charge in [0.15, 0.2) is 0 Å². The van der Waals surface area contributed by atoms with Crippen LogP contribution in [-0.2, 0) is 12.8 Å². The van der Waals surface area contributed by atoms with E-state index in [1.54, 1.807) is 0 Å². The average molecular weight is 325 g/mol. The first kappa shape index (κ1) is 18.6. The van der Waals surface area contributed by atoms with E-state index in [-0.39, 0.29) is 0 Å². The number of nitrogens with zero attached hydrogens (tertiary/aromatic N) is 2. The molecule has 0 saturated carbocycles. The molecular weight excluding hydrogens is 292 g/mol. The fraction of sp³-hybridized carbons (Fsp3) is 0.545. The van der Waals surface area contributed by atoms with Crippen LogP contribution >= 0.6 is 0 Å². The van der Waals surface area contributed by atoms with E-state index >= 15 is 0 Å². The molecule has 0 saturated heterocycles. The van der Waals surface area contributed by atoms with Gasteiger partial charge in [0.2, 0.25) is 0 Å². The highest BCUT2D eigenvalue weighted by molar-refractivity contribution is 5.04. The van der Waals surface area contributed by atoms with Crippen molar-refractivity contribution in [3.8, 4) is 0 Å². The molecule has 2 heterocycles. The smallest absolute Gasteiger partial charge is 0.0406 e.